The smallest absolute Gasteiger partial charge is 0.0594 e. The monoisotopic (exact) mass is 248 g/mol. The molecule has 18 heavy (non-hydrogen) atoms. The fraction of sp³-hybridized carbons (Fsp3) is 0.600. The molecule has 1 aromatic carbocycles. The standard InChI is InChI=1S/C15H24N2O/c1-2-3-14-4-6-15(7-5-14)16-8-9-17-10-12-18-13-11-17/h4-7,16H,2-3,8-13H2,1H3. The van der Waals surface area contributed by atoms with Gasteiger partial charge in [-0.1, -0.05) is 25.5 Å². The van der Waals surface area contributed by atoms with Crippen LogP contribution < -0.4 is 5.32 Å². The van der Waals surface area contributed by atoms with E-state index < -0.39 is 0 Å². The van der Waals surface area contributed by atoms with E-state index in [1.807, 2.05) is 0 Å². The van der Waals surface area contributed by atoms with Gasteiger partial charge in [0.2, 0.25) is 0 Å². The third-order valence-corrected chi connectivity index (χ3v) is 3.35. The highest BCUT2D eigenvalue weighted by molar-refractivity contribution is 5.44. The van der Waals surface area contributed by atoms with E-state index in [0.717, 1.165) is 39.4 Å². The van der Waals surface area contributed by atoms with Gasteiger partial charge in [0.1, 0.15) is 0 Å². The number of benzene rings is 1. The highest BCUT2D eigenvalue weighted by Crippen LogP contribution is 2.10. The average Bonchev–Trinajstić information content (AvgIpc) is 2.42. The summed E-state index contributed by atoms with van der Waals surface area (Å²) in [5.41, 5.74) is 2.65. The lowest BCUT2D eigenvalue weighted by atomic mass is 10.1. The fourth-order valence-corrected chi connectivity index (χ4v) is 2.26. The molecule has 1 aromatic rings. The van der Waals surface area contributed by atoms with Gasteiger partial charge in [-0.25, -0.2) is 0 Å². The number of aryl methyl sites for hydroxylation is 1. The Morgan fingerprint density at radius 1 is 1.17 bits per heavy atom. The summed E-state index contributed by atoms with van der Waals surface area (Å²) in [6.45, 7) is 8.22. The average molecular weight is 248 g/mol. The van der Waals surface area contributed by atoms with Gasteiger partial charge in [0.25, 0.3) is 0 Å². The van der Waals surface area contributed by atoms with Gasteiger partial charge in [-0.05, 0) is 24.1 Å². The number of rotatable bonds is 6. The highest BCUT2D eigenvalue weighted by atomic mass is 16.5. The molecule has 1 saturated heterocycles. The van der Waals surface area contributed by atoms with Gasteiger partial charge >= 0.3 is 0 Å². The lowest BCUT2D eigenvalue weighted by Gasteiger charge is -2.26. The molecule has 100 valence electrons. The van der Waals surface area contributed by atoms with Gasteiger partial charge in [-0.2, -0.15) is 0 Å². The predicted octanol–water partition coefficient (Wildman–Crippen LogP) is 2.38. The predicted molar refractivity (Wildman–Crippen MR) is 76.2 cm³/mol. The molecule has 3 nitrogen and oxygen atoms in total. The maximum Gasteiger partial charge on any atom is 0.0594 e. The Hall–Kier alpha value is -1.06. The van der Waals surface area contributed by atoms with Crippen molar-refractivity contribution < 1.29 is 4.74 Å². The third-order valence-electron chi connectivity index (χ3n) is 3.35. The Kier molecular flexibility index (Phi) is 5.49. The van der Waals surface area contributed by atoms with Crippen LogP contribution in [0.5, 0.6) is 0 Å². The fourth-order valence-electron chi connectivity index (χ4n) is 2.26. The SMILES string of the molecule is CCCc1ccc(NCCN2CCOCC2)cc1. The Bertz CT molecular complexity index is 331. The van der Waals surface area contributed by atoms with E-state index >= 15 is 0 Å². The second-order valence-corrected chi connectivity index (χ2v) is 4.83. The molecule has 0 saturated carbocycles. The van der Waals surface area contributed by atoms with Crippen molar-refractivity contribution in [3.8, 4) is 0 Å². The maximum atomic E-state index is 5.34. The molecule has 0 aliphatic carbocycles. The van der Waals surface area contributed by atoms with Gasteiger partial charge in [-0.15, -0.1) is 0 Å². The molecule has 1 aliphatic rings. The molecular weight excluding hydrogens is 224 g/mol. The first-order valence-corrected chi connectivity index (χ1v) is 7.01. The first-order chi connectivity index (χ1) is 8.88. The molecule has 0 amide bonds. The lowest BCUT2D eigenvalue weighted by molar-refractivity contribution is 0.0398. The van der Waals surface area contributed by atoms with Gasteiger partial charge in [-0.3, -0.25) is 4.90 Å². The van der Waals surface area contributed by atoms with E-state index in [-0.39, 0.29) is 0 Å². The molecular formula is C15H24N2O. The summed E-state index contributed by atoms with van der Waals surface area (Å²) in [4.78, 5) is 2.45. The number of nitrogens with one attached hydrogen (secondary N) is 1. The minimum absolute atomic E-state index is 0.881. The molecule has 2 rings (SSSR count). The molecule has 0 atom stereocenters. The van der Waals surface area contributed by atoms with Crippen LogP contribution in [0.1, 0.15) is 18.9 Å². The zero-order chi connectivity index (χ0) is 12.6. The van der Waals surface area contributed by atoms with E-state index in [2.05, 4.69) is 41.4 Å². The first-order valence-electron chi connectivity index (χ1n) is 7.01. The van der Waals surface area contributed by atoms with Crippen LogP contribution in [0.3, 0.4) is 0 Å². The quantitative estimate of drug-likeness (QED) is 0.836. The van der Waals surface area contributed by atoms with Crippen LogP contribution in [-0.4, -0.2) is 44.3 Å². The topological polar surface area (TPSA) is 24.5 Å². The molecule has 1 fully saturated rings. The van der Waals surface area contributed by atoms with Crippen molar-refractivity contribution in [3.05, 3.63) is 29.8 Å². The number of anilines is 1. The molecule has 0 aromatic heterocycles. The van der Waals surface area contributed by atoms with E-state index in [1.54, 1.807) is 0 Å². The second kappa shape index (κ2) is 7.39. The van der Waals surface area contributed by atoms with Crippen LogP contribution in [0, 0.1) is 0 Å². The maximum absolute atomic E-state index is 5.34. The van der Waals surface area contributed by atoms with Crippen molar-refractivity contribution in [2.45, 2.75) is 19.8 Å². The zero-order valence-electron chi connectivity index (χ0n) is 11.3. The van der Waals surface area contributed by atoms with Crippen LogP contribution in [0.4, 0.5) is 5.69 Å². The van der Waals surface area contributed by atoms with Crippen molar-refractivity contribution >= 4 is 5.69 Å². The summed E-state index contributed by atoms with van der Waals surface area (Å²) in [5.74, 6) is 0. The molecule has 3 heteroatoms. The number of hydrogen-bond donors (Lipinski definition) is 1. The Balaban J connectivity index is 1.69. The first kappa shape index (κ1) is 13.4. The van der Waals surface area contributed by atoms with Gasteiger partial charge in [0.15, 0.2) is 0 Å². The van der Waals surface area contributed by atoms with E-state index in [4.69, 9.17) is 4.74 Å². The molecule has 0 unspecified atom stereocenters. The molecule has 1 aliphatic heterocycles. The summed E-state index contributed by atoms with van der Waals surface area (Å²) in [6.07, 6.45) is 2.39. The number of hydrogen-bond acceptors (Lipinski definition) is 3. The molecule has 0 bridgehead atoms. The Labute approximate surface area is 110 Å². The summed E-state index contributed by atoms with van der Waals surface area (Å²) in [5, 5.41) is 3.48. The Morgan fingerprint density at radius 2 is 1.89 bits per heavy atom. The van der Waals surface area contributed by atoms with Crippen LogP contribution in [0.25, 0.3) is 0 Å². The van der Waals surface area contributed by atoms with Crippen molar-refractivity contribution in [3.63, 3.8) is 0 Å². The van der Waals surface area contributed by atoms with Crippen molar-refractivity contribution in [1.82, 2.24) is 4.90 Å². The van der Waals surface area contributed by atoms with Crippen molar-refractivity contribution in [2.75, 3.05) is 44.7 Å². The Morgan fingerprint density at radius 3 is 2.56 bits per heavy atom. The lowest BCUT2D eigenvalue weighted by Crippen LogP contribution is -2.38. The largest absolute Gasteiger partial charge is 0.384 e. The van der Waals surface area contributed by atoms with Crippen LogP contribution in [-0.2, 0) is 11.2 Å². The van der Waals surface area contributed by atoms with Crippen LogP contribution in [0.2, 0.25) is 0 Å². The van der Waals surface area contributed by atoms with E-state index in [9.17, 15) is 0 Å². The summed E-state index contributed by atoms with van der Waals surface area (Å²) in [6, 6.07) is 8.82. The van der Waals surface area contributed by atoms with E-state index in [0.29, 0.717) is 0 Å². The summed E-state index contributed by atoms with van der Waals surface area (Å²) >= 11 is 0. The van der Waals surface area contributed by atoms with Gasteiger partial charge in [0.05, 0.1) is 13.2 Å². The molecule has 1 heterocycles. The number of ether oxygens (including phenoxy) is 1. The van der Waals surface area contributed by atoms with Gasteiger partial charge < -0.3 is 10.1 Å². The minimum Gasteiger partial charge on any atom is -0.384 e. The molecule has 0 spiro atoms. The molecule has 1 N–H and O–H groups in total. The summed E-state index contributed by atoms with van der Waals surface area (Å²) < 4.78 is 5.34. The van der Waals surface area contributed by atoms with Crippen molar-refractivity contribution in [1.29, 1.82) is 0 Å². The van der Waals surface area contributed by atoms with Crippen LogP contribution >= 0.6 is 0 Å². The van der Waals surface area contributed by atoms with E-state index in [1.165, 1.54) is 24.1 Å². The third kappa shape index (κ3) is 4.31. The van der Waals surface area contributed by atoms with Crippen LogP contribution in [0.15, 0.2) is 24.3 Å². The molecule has 0 radical (unpaired) electrons. The van der Waals surface area contributed by atoms with Crippen molar-refractivity contribution in [2.24, 2.45) is 0 Å². The highest BCUT2D eigenvalue weighted by Gasteiger charge is 2.08. The normalized spacial score (nSPS) is 16.7. The van der Waals surface area contributed by atoms with Gasteiger partial charge in [0, 0.05) is 31.9 Å². The summed E-state index contributed by atoms with van der Waals surface area (Å²) in [7, 11) is 0. The number of morpholine rings is 1. The zero-order valence-corrected chi connectivity index (χ0v) is 11.3. The minimum atomic E-state index is 0.881. The number of nitrogens with zero attached hydrogens (tertiary/aromatic N) is 1. The second-order valence-electron chi connectivity index (χ2n) is 4.83.